The van der Waals surface area contributed by atoms with Gasteiger partial charge in [-0.25, -0.2) is 0 Å². The summed E-state index contributed by atoms with van der Waals surface area (Å²) in [5.41, 5.74) is 0.0631. The molecule has 0 spiro atoms. The van der Waals surface area contributed by atoms with E-state index in [0.29, 0.717) is 6.23 Å². The van der Waals surface area contributed by atoms with Crippen molar-refractivity contribution in [3.63, 3.8) is 0 Å². The molecule has 1 saturated heterocycles. The molecule has 0 aromatic heterocycles. The van der Waals surface area contributed by atoms with Crippen molar-refractivity contribution in [2.24, 2.45) is 0 Å². The van der Waals surface area contributed by atoms with Gasteiger partial charge in [0.2, 0.25) is 0 Å². The maximum atomic E-state index is 6.02. The molecule has 1 aliphatic rings. The van der Waals surface area contributed by atoms with Crippen LogP contribution in [0.3, 0.4) is 0 Å². The van der Waals surface area contributed by atoms with Crippen molar-refractivity contribution in [2.75, 3.05) is 13.1 Å². The van der Waals surface area contributed by atoms with Crippen LogP contribution in [0.5, 0.6) is 0 Å². The minimum absolute atomic E-state index is 0.0631. The molecule has 14 heavy (non-hydrogen) atoms. The minimum Gasteiger partial charge on any atom is -0.356 e. The Morgan fingerprint density at radius 2 is 2.00 bits per heavy atom. The Hall–Kier alpha value is -0.0800. The highest BCUT2D eigenvalue weighted by molar-refractivity contribution is 4.84. The number of hydrogen-bond acceptors (Lipinski definition) is 2. The number of ether oxygens (including phenoxy) is 1. The molecule has 0 amide bonds. The smallest absolute Gasteiger partial charge is 0.111 e. The van der Waals surface area contributed by atoms with Crippen LogP contribution in [0.1, 0.15) is 53.4 Å². The molecule has 0 radical (unpaired) electrons. The zero-order valence-electron chi connectivity index (χ0n) is 10.2. The molecule has 0 saturated carbocycles. The Labute approximate surface area is 88.6 Å². The lowest BCUT2D eigenvalue weighted by atomic mass is 10.1. The van der Waals surface area contributed by atoms with Crippen molar-refractivity contribution in [3.8, 4) is 0 Å². The maximum Gasteiger partial charge on any atom is 0.111 e. The van der Waals surface area contributed by atoms with E-state index in [4.69, 9.17) is 4.74 Å². The number of rotatable bonds is 5. The van der Waals surface area contributed by atoms with Crippen molar-refractivity contribution >= 4 is 0 Å². The molecule has 1 rings (SSSR count). The lowest BCUT2D eigenvalue weighted by Crippen LogP contribution is -2.31. The first kappa shape index (κ1) is 12.0. The lowest BCUT2D eigenvalue weighted by Gasteiger charge is -2.21. The predicted molar refractivity (Wildman–Crippen MR) is 60.3 cm³/mol. The Kier molecular flexibility index (Phi) is 4.39. The van der Waals surface area contributed by atoms with Crippen LogP contribution in [-0.4, -0.2) is 29.8 Å². The summed E-state index contributed by atoms with van der Waals surface area (Å²) in [7, 11) is 0. The summed E-state index contributed by atoms with van der Waals surface area (Å²) >= 11 is 0. The Bertz CT molecular complexity index is 168. The third-order valence-electron chi connectivity index (χ3n) is 2.78. The van der Waals surface area contributed by atoms with E-state index in [1.807, 2.05) is 0 Å². The highest BCUT2D eigenvalue weighted by atomic mass is 16.5. The zero-order chi connectivity index (χ0) is 10.6. The van der Waals surface area contributed by atoms with E-state index in [1.165, 1.54) is 32.2 Å². The van der Waals surface area contributed by atoms with Crippen LogP contribution in [0, 0.1) is 0 Å². The zero-order valence-corrected chi connectivity index (χ0v) is 10.2. The molecule has 0 bridgehead atoms. The van der Waals surface area contributed by atoms with Crippen molar-refractivity contribution < 1.29 is 4.74 Å². The molecule has 1 unspecified atom stereocenters. The van der Waals surface area contributed by atoms with Gasteiger partial charge in [0.15, 0.2) is 0 Å². The fourth-order valence-corrected chi connectivity index (χ4v) is 2.14. The van der Waals surface area contributed by atoms with Crippen LogP contribution in [0.25, 0.3) is 0 Å². The predicted octanol–water partition coefficient (Wildman–Crippen LogP) is 3.02. The van der Waals surface area contributed by atoms with Gasteiger partial charge >= 0.3 is 0 Å². The van der Waals surface area contributed by atoms with Gasteiger partial charge in [-0.3, -0.25) is 4.90 Å². The first-order chi connectivity index (χ1) is 6.59. The number of unbranched alkanes of at least 4 members (excludes halogenated alkanes) is 1. The van der Waals surface area contributed by atoms with Crippen LogP contribution in [-0.2, 0) is 4.74 Å². The summed E-state index contributed by atoms with van der Waals surface area (Å²) in [6.07, 6.45) is 5.33. The van der Waals surface area contributed by atoms with Crippen LogP contribution in [0.15, 0.2) is 0 Å². The lowest BCUT2D eigenvalue weighted by molar-refractivity contribution is -0.0430. The summed E-state index contributed by atoms with van der Waals surface area (Å²) in [6.45, 7) is 11.2. The summed E-state index contributed by atoms with van der Waals surface area (Å²) in [6, 6.07) is 0. The Morgan fingerprint density at radius 1 is 1.29 bits per heavy atom. The number of hydrogen-bond donors (Lipinski definition) is 0. The molecule has 0 aromatic rings. The second-order valence-electron chi connectivity index (χ2n) is 4.94. The van der Waals surface area contributed by atoms with Gasteiger partial charge in [-0.2, -0.15) is 0 Å². The van der Waals surface area contributed by atoms with Gasteiger partial charge in [0.05, 0.1) is 5.60 Å². The second kappa shape index (κ2) is 5.13. The maximum absolute atomic E-state index is 6.02. The fourth-order valence-electron chi connectivity index (χ4n) is 2.14. The largest absolute Gasteiger partial charge is 0.356 e. The topological polar surface area (TPSA) is 12.5 Å². The van der Waals surface area contributed by atoms with E-state index >= 15 is 0 Å². The third kappa shape index (κ3) is 3.25. The quantitative estimate of drug-likeness (QED) is 0.675. The normalized spacial score (nSPS) is 27.0. The average Bonchev–Trinajstić information content (AvgIpc) is 2.38. The highest BCUT2D eigenvalue weighted by Gasteiger charge is 2.36. The Balaban J connectivity index is 2.44. The molecule has 0 aliphatic carbocycles. The van der Waals surface area contributed by atoms with Crippen molar-refractivity contribution in [2.45, 2.75) is 65.2 Å². The molecular weight excluding hydrogens is 174 g/mol. The van der Waals surface area contributed by atoms with Crippen LogP contribution < -0.4 is 0 Å². The molecule has 2 nitrogen and oxygen atoms in total. The van der Waals surface area contributed by atoms with Crippen molar-refractivity contribution in [3.05, 3.63) is 0 Å². The monoisotopic (exact) mass is 199 g/mol. The second-order valence-corrected chi connectivity index (χ2v) is 4.94. The van der Waals surface area contributed by atoms with E-state index in [0.717, 1.165) is 6.54 Å². The SMILES string of the molecule is CCCCN1CC(C)(C)OC1CCC. The first-order valence-corrected chi connectivity index (χ1v) is 6.01. The summed E-state index contributed by atoms with van der Waals surface area (Å²) in [4.78, 5) is 2.51. The van der Waals surface area contributed by atoms with E-state index < -0.39 is 0 Å². The number of nitrogens with zero attached hydrogens (tertiary/aromatic N) is 1. The van der Waals surface area contributed by atoms with Crippen LogP contribution in [0.4, 0.5) is 0 Å². The first-order valence-electron chi connectivity index (χ1n) is 6.01. The van der Waals surface area contributed by atoms with Gasteiger partial charge in [-0.1, -0.05) is 26.7 Å². The molecule has 1 fully saturated rings. The van der Waals surface area contributed by atoms with Crippen molar-refractivity contribution in [1.82, 2.24) is 4.90 Å². The van der Waals surface area contributed by atoms with Crippen molar-refractivity contribution in [1.29, 1.82) is 0 Å². The Morgan fingerprint density at radius 3 is 2.57 bits per heavy atom. The molecule has 1 heterocycles. The third-order valence-corrected chi connectivity index (χ3v) is 2.78. The van der Waals surface area contributed by atoms with Crippen LogP contribution >= 0.6 is 0 Å². The van der Waals surface area contributed by atoms with Gasteiger partial charge < -0.3 is 4.74 Å². The molecule has 1 atom stereocenters. The molecule has 0 aromatic carbocycles. The molecule has 84 valence electrons. The van der Waals surface area contributed by atoms with E-state index in [9.17, 15) is 0 Å². The minimum atomic E-state index is 0.0631. The standard InChI is InChI=1S/C12H25NO/c1-5-7-9-13-10-12(3,4)14-11(13)8-6-2/h11H,5-10H2,1-4H3. The summed E-state index contributed by atoms with van der Waals surface area (Å²) in [5.74, 6) is 0. The fraction of sp³-hybridized carbons (Fsp3) is 1.00. The van der Waals surface area contributed by atoms with E-state index in [-0.39, 0.29) is 5.60 Å². The molecule has 2 heteroatoms. The van der Waals surface area contributed by atoms with E-state index in [2.05, 4.69) is 32.6 Å². The molecule has 0 N–H and O–H groups in total. The average molecular weight is 199 g/mol. The van der Waals surface area contributed by atoms with Gasteiger partial charge in [0.25, 0.3) is 0 Å². The van der Waals surface area contributed by atoms with Gasteiger partial charge in [-0.15, -0.1) is 0 Å². The summed E-state index contributed by atoms with van der Waals surface area (Å²) in [5, 5.41) is 0. The van der Waals surface area contributed by atoms with Gasteiger partial charge in [-0.05, 0) is 26.7 Å². The molecular formula is C12H25NO. The van der Waals surface area contributed by atoms with E-state index in [1.54, 1.807) is 0 Å². The summed E-state index contributed by atoms with van der Waals surface area (Å²) < 4.78 is 6.02. The van der Waals surface area contributed by atoms with Gasteiger partial charge in [0, 0.05) is 13.1 Å². The molecule has 1 aliphatic heterocycles. The van der Waals surface area contributed by atoms with Gasteiger partial charge in [0.1, 0.15) is 6.23 Å². The van der Waals surface area contributed by atoms with Crippen LogP contribution in [0.2, 0.25) is 0 Å². The highest BCUT2D eigenvalue weighted by Crippen LogP contribution is 2.27.